The van der Waals surface area contributed by atoms with Gasteiger partial charge in [-0.05, 0) is 65.9 Å². The van der Waals surface area contributed by atoms with Crippen LogP contribution in [0.1, 0.15) is 65.7 Å². The summed E-state index contributed by atoms with van der Waals surface area (Å²) in [6.45, 7) is 14.2. The van der Waals surface area contributed by atoms with Gasteiger partial charge >= 0.3 is 0 Å². The van der Waals surface area contributed by atoms with Gasteiger partial charge in [0.05, 0.1) is 23.4 Å². The highest BCUT2D eigenvalue weighted by Crippen LogP contribution is 2.31. The summed E-state index contributed by atoms with van der Waals surface area (Å²) in [5.41, 5.74) is 3.41. The summed E-state index contributed by atoms with van der Waals surface area (Å²) < 4.78 is 21.7. The van der Waals surface area contributed by atoms with Gasteiger partial charge in [-0.15, -0.1) is 0 Å². The Balaban J connectivity index is 1.65. The van der Waals surface area contributed by atoms with E-state index in [1.54, 1.807) is 23.0 Å². The van der Waals surface area contributed by atoms with E-state index in [1.165, 1.54) is 17.7 Å². The molecular weight excluding hydrogens is 465 g/mol. The van der Waals surface area contributed by atoms with E-state index >= 15 is 0 Å². The number of benzene rings is 3. The molecule has 0 spiro atoms. The molecule has 0 unspecified atom stereocenters. The standard InChI is InChI=1S/C31H36FN3O2/c1-20(34-29(36)31(5,6)7)28(21-8-10-23(11-9-21)30(2,3)4)37-26-16-17-27-22(18-26)19-33-35(27)25-14-12-24(32)13-15-25/h8-20,28H,1-7H3,(H,34,36)/t20-,28-/m0/s1. The van der Waals surface area contributed by atoms with Gasteiger partial charge in [0.25, 0.3) is 0 Å². The molecule has 3 aromatic carbocycles. The van der Waals surface area contributed by atoms with Crippen LogP contribution < -0.4 is 10.1 Å². The first-order chi connectivity index (χ1) is 17.3. The lowest BCUT2D eigenvalue weighted by molar-refractivity contribution is -0.129. The smallest absolute Gasteiger partial charge is 0.225 e. The predicted octanol–water partition coefficient (Wildman–Crippen LogP) is 7.13. The molecule has 6 heteroatoms. The number of carbonyl (C=O) groups excluding carboxylic acids is 1. The fourth-order valence-electron chi connectivity index (χ4n) is 4.15. The van der Waals surface area contributed by atoms with E-state index in [0.29, 0.717) is 5.75 Å². The van der Waals surface area contributed by atoms with Crippen LogP contribution in [0.5, 0.6) is 5.75 Å². The van der Waals surface area contributed by atoms with Crippen molar-refractivity contribution in [3.63, 3.8) is 0 Å². The molecule has 4 aromatic rings. The zero-order chi connectivity index (χ0) is 27.0. The number of carbonyl (C=O) groups is 1. The first-order valence-corrected chi connectivity index (χ1v) is 12.6. The van der Waals surface area contributed by atoms with Gasteiger partial charge in [0.2, 0.25) is 5.91 Å². The zero-order valence-electron chi connectivity index (χ0n) is 22.7. The van der Waals surface area contributed by atoms with Crippen molar-refractivity contribution in [2.24, 2.45) is 5.41 Å². The molecule has 0 aliphatic rings. The Morgan fingerprint density at radius 3 is 2.19 bits per heavy atom. The number of hydrogen-bond donors (Lipinski definition) is 1. The van der Waals surface area contributed by atoms with Crippen LogP contribution in [0.4, 0.5) is 4.39 Å². The monoisotopic (exact) mass is 501 g/mol. The molecule has 0 fully saturated rings. The summed E-state index contributed by atoms with van der Waals surface area (Å²) >= 11 is 0. The van der Waals surface area contributed by atoms with E-state index in [4.69, 9.17) is 4.74 Å². The predicted molar refractivity (Wildman–Crippen MR) is 147 cm³/mol. The van der Waals surface area contributed by atoms with Gasteiger partial charge in [-0.2, -0.15) is 5.10 Å². The number of ether oxygens (including phenoxy) is 1. The number of hydrogen-bond acceptors (Lipinski definition) is 3. The number of amides is 1. The molecule has 1 heterocycles. The molecule has 5 nitrogen and oxygen atoms in total. The van der Waals surface area contributed by atoms with Crippen LogP contribution in [0, 0.1) is 11.2 Å². The van der Waals surface area contributed by atoms with Gasteiger partial charge in [-0.1, -0.05) is 65.8 Å². The Morgan fingerprint density at radius 1 is 0.946 bits per heavy atom. The molecule has 0 saturated carbocycles. The van der Waals surface area contributed by atoms with Crippen molar-refractivity contribution < 1.29 is 13.9 Å². The molecule has 0 aliphatic carbocycles. The third kappa shape index (κ3) is 6.01. The third-order valence-electron chi connectivity index (χ3n) is 6.47. The Labute approximate surface area is 218 Å². The number of fused-ring (bicyclic) bond motifs is 1. The lowest BCUT2D eigenvalue weighted by Gasteiger charge is -2.29. The van der Waals surface area contributed by atoms with Gasteiger partial charge in [-0.25, -0.2) is 9.07 Å². The van der Waals surface area contributed by atoms with Gasteiger partial charge in [0, 0.05) is 10.8 Å². The van der Waals surface area contributed by atoms with Crippen molar-refractivity contribution in [2.75, 3.05) is 0 Å². The maximum atomic E-state index is 13.4. The first-order valence-electron chi connectivity index (χ1n) is 12.6. The van der Waals surface area contributed by atoms with Crippen LogP contribution in [-0.2, 0) is 10.2 Å². The molecule has 0 radical (unpaired) electrons. The molecule has 0 saturated heterocycles. The average Bonchev–Trinajstić information content (AvgIpc) is 3.25. The Morgan fingerprint density at radius 2 is 1.59 bits per heavy atom. The van der Waals surface area contributed by atoms with Crippen LogP contribution in [0.2, 0.25) is 0 Å². The molecule has 1 N–H and O–H groups in total. The molecule has 2 atom stereocenters. The average molecular weight is 502 g/mol. The molecule has 37 heavy (non-hydrogen) atoms. The van der Waals surface area contributed by atoms with Crippen LogP contribution in [0.15, 0.2) is 72.9 Å². The maximum absolute atomic E-state index is 13.4. The van der Waals surface area contributed by atoms with Crippen molar-refractivity contribution in [3.05, 3.63) is 89.9 Å². The molecule has 1 aromatic heterocycles. The highest BCUT2D eigenvalue weighted by Gasteiger charge is 2.28. The number of nitrogens with one attached hydrogen (secondary N) is 1. The van der Waals surface area contributed by atoms with Crippen LogP contribution in [0.3, 0.4) is 0 Å². The van der Waals surface area contributed by atoms with Crippen molar-refractivity contribution >= 4 is 16.8 Å². The minimum absolute atomic E-state index is 0.0315. The molecule has 0 aliphatic heterocycles. The highest BCUT2D eigenvalue weighted by molar-refractivity contribution is 5.82. The van der Waals surface area contributed by atoms with E-state index in [-0.39, 0.29) is 23.2 Å². The summed E-state index contributed by atoms with van der Waals surface area (Å²) in [6.07, 6.45) is 1.37. The summed E-state index contributed by atoms with van der Waals surface area (Å²) in [7, 11) is 0. The zero-order valence-corrected chi connectivity index (χ0v) is 22.7. The maximum Gasteiger partial charge on any atom is 0.225 e. The highest BCUT2D eigenvalue weighted by atomic mass is 19.1. The molecular formula is C31H36FN3O2. The second-order valence-electron chi connectivity index (χ2n) is 11.7. The van der Waals surface area contributed by atoms with Crippen LogP contribution in [-0.4, -0.2) is 21.7 Å². The topological polar surface area (TPSA) is 56.1 Å². The van der Waals surface area contributed by atoms with Gasteiger partial charge in [0.1, 0.15) is 17.7 Å². The normalized spacial score (nSPS) is 13.8. The Hall–Kier alpha value is -3.67. The first kappa shape index (κ1) is 26.4. The van der Waals surface area contributed by atoms with Crippen molar-refractivity contribution in [1.82, 2.24) is 15.1 Å². The molecule has 1 amide bonds. The van der Waals surface area contributed by atoms with Gasteiger partial charge < -0.3 is 10.1 Å². The van der Waals surface area contributed by atoms with Crippen LogP contribution >= 0.6 is 0 Å². The minimum Gasteiger partial charge on any atom is -0.484 e. The molecule has 0 bridgehead atoms. The number of rotatable bonds is 6. The third-order valence-corrected chi connectivity index (χ3v) is 6.47. The SMILES string of the molecule is C[C@H](NC(=O)C(C)(C)C)[C@H](Oc1ccc2c(cnn2-c2ccc(F)cc2)c1)c1ccc(C(C)(C)C)cc1. The van der Waals surface area contributed by atoms with Gasteiger partial charge in [-0.3, -0.25) is 4.79 Å². The second-order valence-corrected chi connectivity index (χ2v) is 11.7. The van der Waals surface area contributed by atoms with E-state index in [1.807, 2.05) is 45.9 Å². The van der Waals surface area contributed by atoms with Crippen LogP contribution in [0.25, 0.3) is 16.6 Å². The fourth-order valence-corrected chi connectivity index (χ4v) is 4.15. The van der Waals surface area contributed by atoms with Crippen molar-refractivity contribution in [3.8, 4) is 11.4 Å². The van der Waals surface area contributed by atoms with E-state index in [9.17, 15) is 9.18 Å². The van der Waals surface area contributed by atoms with Crippen molar-refractivity contribution in [1.29, 1.82) is 0 Å². The van der Waals surface area contributed by atoms with E-state index in [2.05, 4.69) is 55.5 Å². The molecule has 4 rings (SSSR count). The quantitative estimate of drug-likeness (QED) is 0.306. The van der Waals surface area contributed by atoms with E-state index < -0.39 is 11.5 Å². The summed E-state index contributed by atoms with van der Waals surface area (Å²) in [4.78, 5) is 12.8. The lowest BCUT2D eigenvalue weighted by Crippen LogP contribution is -2.44. The minimum atomic E-state index is -0.511. The number of halogens is 1. The summed E-state index contributed by atoms with van der Waals surface area (Å²) in [5, 5.41) is 8.53. The lowest BCUT2D eigenvalue weighted by atomic mass is 9.86. The van der Waals surface area contributed by atoms with Crippen molar-refractivity contribution in [2.45, 2.75) is 66.0 Å². The van der Waals surface area contributed by atoms with E-state index in [0.717, 1.165) is 22.2 Å². The Bertz CT molecular complexity index is 1380. The second kappa shape index (κ2) is 10.0. The number of nitrogens with zero attached hydrogens (tertiary/aromatic N) is 2. The van der Waals surface area contributed by atoms with Gasteiger partial charge in [0.15, 0.2) is 0 Å². The number of aromatic nitrogens is 2. The molecule has 194 valence electrons. The summed E-state index contributed by atoms with van der Waals surface area (Å²) in [5.74, 6) is 0.356. The summed E-state index contributed by atoms with van der Waals surface area (Å²) in [6, 6.07) is 20.2. The fraction of sp³-hybridized carbons (Fsp3) is 0.355. The largest absolute Gasteiger partial charge is 0.484 e. The Kier molecular flexibility index (Phi) is 7.13.